The van der Waals surface area contributed by atoms with E-state index in [2.05, 4.69) is 30.8 Å². The van der Waals surface area contributed by atoms with E-state index in [0.717, 1.165) is 16.3 Å². The van der Waals surface area contributed by atoms with Crippen molar-refractivity contribution in [2.24, 2.45) is 22.9 Å². The number of alkyl halides is 3. The molecule has 2 amide bonds. The number of halogens is 5. The van der Waals surface area contributed by atoms with Crippen molar-refractivity contribution in [1.82, 2.24) is 29.5 Å². The lowest BCUT2D eigenvalue weighted by Crippen LogP contribution is -2.21. The standard InChI is InChI=1S/2C25H24FN7O4.C2HF3O2.C2H4O2/c2*1-36-19-11-16(17(26)12-20(19)37-2)21(30-14-9-7-13(8-10-14)22(27)28)24-31-25(35)33(32-24)18-6-4-3-5-15(18)23(29)34;3-2(4,5)1(6)7;1-2(3)4/h2*3-12,21,30H,1-2H3,(H3,27,28)(H2,29,34)(H,31,32,35);(H,6,7);1H3,(H,3,4)/t21-;;;/m0.../s1. The summed E-state index contributed by atoms with van der Waals surface area (Å²) in [5, 5.41) is 44.7. The summed E-state index contributed by atoms with van der Waals surface area (Å²) in [5.74, 6) is -5.59. The van der Waals surface area contributed by atoms with Crippen LogP contribution < -0.4 is 63.9 Å². The van der Waals surface area contributed by atoms with Crippen LogP contribution in [0.15, 0.2) is 131 Å². The third-order valence-electron chi connectivity index (χ3n) is 11.5. The van der Waals surface area contributed by atoms with Gasteiger partial charge in [0.1, 0.15) is 35.4 Å². The third kappa shape index (κ3) is 16.3. The lowest BCUT2D eigenvalue weighted by Gasteiger charge is -2.20. The van der Waals surface area contributed by atoms with Gasteiger partial charge in [0.15, 0.2) is 34.6 Å². The zero-order valence-corrected chi connectivity index (χ0v) is 45.2. The van der Waals surface area contributed by atoms with E-state index in [9.17, 15) is 32.3 Å². The van der Waals surface area contributed by atoms with Gasteiger partial charge in [-0.2, -0.15) is 22.5 Å². The van der Waals surface area contributed by atoms with Crippen LogP contribution in [-0.4, -0.2) is 110 Å². The molecular formula is C54H53F5N14O12. The second-order valence-electron chi connectivity index (χ2n) is 17.1. The van der Waals surface area contributed by atoms with Crippen LogP contribution >= 0.6 is 0 Å². The van der Waals surface area contributed by atoms with Crippen molar-refractivity contribution >= 4 is 46.8 Å². The molecule has 446 valence electrons. The van der Waals surface area contributed by atoms with Gasteiger partial charge < -0.3 is 62.7 Å². The normalized spacial score (nSPS) is 11.3. The number of amides is 2. The number of carbonyl (C=O) groups is 4. The molecule has 31 heteroatoms. The molecule has 0 bridgehead atoms. The maximum atomic E-state index is 15.4. The van der Waals surface area contributed by atoms with Gasteiger partial charge in [0.05, 0.1) is 50.9 Å². The number of nitrogen functional groups attached to an aromatic ring is 2. The first kappa shape index (κ1) is 64.3. The molecule has 0 aliphatic rings. The van der Waals surface area contributed by atoms with Gasteiger partial charge in [-0.1, -0.05) is 24.3 Å². The van der Waals surface area contributed by atoms with E-state index in [1.54, 1.807) is 72.8 Å². The van der Waals surface area contributed by atoms with E-state index in [-0.39, 0.29) is 79.9 Å². The maximum absolute atomic E-state index is 15.4. The number of hydrogen-bond acceptors (Lipinski definition) is 16. The van der Waals surface area contributed by atoms with Crippen LogP contribution in [0.5, 0.6) is 23.0 Å². The average molecular weight is 1190 g/mol. The van der Waals surface area contributed by atoms with E-state index < -0.39 is 65.0 Å². The summed E-state index contributed by atoms with van der Waals surface area (Å²) < 4.78 is 85.5. The number of para-hydroxylation sites is 2. The summed E-state index contributed by atoms with van der Waals surface area (Å²) in [7, 11) is 5.61. The number of hydrogen-bond donors (Lipinski definition) is 12. The largest absolute Gasteiger partial charge is 0.493 e. The number of aromatic nitrogens is 6. The predicted octanol–water partition coefficient (Wildman–Crippen LogP) is 5.33. The quantitative estimate of drug-likeness (QED) is 0.0293. The van der Waals surface area contributed by atoms with Gasteiger partial charge in [-0.05, 0) is 84.9 Å². The van der Waals surface area contributed by atoms with Gasteiger partial charge in [0.2, 0.25) is 0 Å². The second kappa shape index (κ2) is 28.3. The summed E-state index contributed by atoms with van der Waals surface area (Å²) in [5.41, 5.74) is 23.4. The van der Waals surface area contributed by atoms with Crippen LogP contribution in [-0.2, 0) is 9.59 Å². The monoisotopic (exact) mass is 1180 g/mol. The number of rotatable bonds is 18. The molecule has 0 saturated carbocycles. The molecule has 0 spiro atoms. The molecule has 85 heavy (non-hydrogen) atoms. The molecule has 0 saturated heterocycles. The fraction of sp³-hybridized carbons (Fsp3) is 0.148. The van der Waals surface area contributed by atoms with Crippen LogP contribution in [0.25, 0.3) is 11.4 Å². The molecular weight excluding hydrogens is 1130 g/mol. The Morgan fingerprint density at radius 2 is 0.859 bits per heavy atom. The Morgan fingerprint density at radius 3 is 1.13 bits per heavy atom. The van der Waals surface area contributed by atoms with Gasteiger partial charge in [0, 0.05) is 52.7 Å². The number of benzene rings is 6. The number of amidine groups is 2. The number of methoxy groups -OCH3 is 4. The number of nitrogens with two attached hydrogens (primary N) is 4. The highest BCUT2D eigenvalue weighted by molar-refractivity contribution is 5.97. The molecule has 0 fully saturated rings. The number of H-pyrrole nitrogens is 2. The van der Waals surface area contributed by atoms with E-state index in [4.69, 9.17) is 72.5 Å². The van der Waals surface area contributed by atoms with Gasteiger partial charge >= 0.3 is 23.5 Å². The molecule has 8 rings (SSSR count). The number of aromatic amines is 2. The van der Waals surface area contributed by atoms with Gasteiger partial charge in [-0.15, -0.1) is 10.2 Å². The van der Waals surface area contributed by atoms with Crippen LogP contribution in [0, 0.1) is 22.5 Å². The van der Waals surface area contributed by atoms with Crippen LogP contribution in [0.4, 0.5) is 33.3 Å². The smallest absolute Gasteiger partial charge is 0.490 e. The van der Waals surface area contributed by atoms with Gasteiger partial charge in [-0.3, -0.25) is 35.2 Å². The Bertz CT molecular complexity index is 3630. The Balaban J connectivity index is 0.000000264. The van der Waals surface area contributed by atoms with Crippen molar-refractivity contribution in [2.45, 2.75) is 25.2 Å². The minimum absolute atomic E-state index is 0.0473. The molecule has 6 aromatic carbocycles. The minimum Gasteiger partial charge on any atom is -0.493 e. The summed E-state index contributed by atoms with van der Waals surface area (Å²) in [4.78, 5) is 72.9. The number of nitrogens with zero attached hydrogens (tertiary/aromatic N) is 4. The topological polar surface area (TPSA) is 423 Å². The van der Waals surface area contributed by atoms with Crippen molar-refractivity contribution < 1.29 is 70.3 Å². The van der Waals surface area contributed by atoms with Crippen LogP contribution in [0.3, 0.4) is 0 Å². The zero-order valence-electron chi connectivity index (χ0n) is 45.2. The lowest BCUT2D eigenvalue weighted by atomic mass is 10.0. The third-order valence-corrected chi connectivity index (χ3v) is 11.5. The van der Waals surface area contributed by atoms with Gasteiger partial charge in [0.25, 0.3) is 17.8 Å². The van der Waals surface area contributed by atoms with Crippen molar-refractivity contribution in [3.05, 3.63) is 199 Å². The number of anilines is 2. The van der Waals surface area contributed by atoms with E-state index in [1.807, 2.05) is 0 Å². The number of ether oxygens (including phenoxy) is 4. The maximum Gasteiger partial charge on any atom is 0.490 e. The summed E-state index contributed by atoms with van der Waals surface area (Å²) in [6.45, 7) is 1.08. The molecule has 1 unspecified atom stereocenters. The molecule has 2 heterocycles. The van der Waals surface area contributed by atoms with E-state index in [0.29, 0.717) is 22.5 Å². The first-order valence-corrected chi connectivity index (χ1v) is 24.1. The fourth-order valence-corrected chi connectivity index (χ4v) is 7.60. The van der Waals surface area contributed by atoms with Crippen LogP contribution in [0.1, 0.15) is 73.6 Å². The predicted molar refractivity (Wildman–Crippen MR) is 297 cm³/mol. The number of primary amides is 2. The van der Waals surface area contributed by atoms with Crippen molar-refractivity contribution in [1.29, 1.82) is 10.8 Å². The van der Waals surface area contributed by atoms with E-state index in [1.165, 1.54) is 77.0 Å². The Labute approximate surface area is 476 Å². The van der Waals surface area contributed by atoms with Crippen molar-refractivity contribution in [3.63, 3.8) is 0 Å². The summed E-state index contributed by atoms with van der Waals surface area (Å²) >= 11 is 0. The molecule has 2 atom stereocenters. The number of carboxylic acid groups (broad SMARTS) is 2. The summed E-state index contributed by atoms with van der Waals surface area (Å²) in [6.07, 6.45) is -5.08. The zero-order chi connectivity index (χ0) is 63.0. The minimum atomic E-state index is -5.08. The fourth-order valence-electron chi connectivity index (χ4n) is 7.60. The lowest BCUT2D eigenvalue weighted by molar-refractivity contribution is -0.192. The number of aliphatic carboxylic acids is 2. The highest BCUT2D eigenvalue weighted by atomic mass is 19.4. The number of carboxylic acids is 2. The molecule has 26 nitrogen and oxygen atoms in total. The summed E-state index contributed by atoms with van der Waals surface area (Å²) in [6, 6.07) is 28.7. The molecule has 2 aromatic heterocycles. The van der Waals surface area contributed by atoms with Gasteiger partial charge in [-0.25, -0.2) is 23.2 Å². The second-order valence-corrected chi connectivity index (χ2v) is 17.1. The van der Waals surface area contributed by atoms with Crippen molar-refractivity contribution in [2.75, 3.05) is 39.1 Å². The number of nitrogens with one attached hydrogen (secondary N) is 6. The molecule has 8 aromatic rings. The molecule has 0 aliphatic heterocycles. The Morgan fingerprint density at radius 1 is 0.565 bits per heavy atom. The number of carbonyl (C=O) groups excluding carboxylic acids is 2. The SMILES string of the molecule is CC(=O)O.COc1cc(F)c(C(Nc2ccc(C(=N)N)cc2)c2nn(-c3ccccc3C(N)=O)c(=O)[nH]2)cc1OC.COc1cc(F)c([C@H](Nc2ccc(C(=N)N)cc2)c2nn(-c3ccccc3C(N)=O)c(=O)[nH]2)cc1OC.O=C(O)C(F)(F)F. The average Bonchev–Trinajstić information content (AvgIpc) is 2.57. The first-order chi connectivity index (χ1) is 40.1. The molecule has 0 radical (unpaired) electrons. The van der Waals surface area contributed by atoms with Crippen molar-refractivity contribution in [3.8, 4) is 34.4 Å². The molecule has 16 N–H and O–H groups in total. The Hall–Kier alpha value is -11.5. The highest BCUT2D eigenvalue weighted by Crippen LogP contribution is 2.37. The van der Waals surface area contributed by atoms with Crippen LogP contribution in [0.2, 0.25) is 0 Å². The first-order valence-electron chi connectivity index (χ1n) is 24.1. The van der Waals surface area contributed by atoms with E-state index >= 15 is 8.78 Å². The Kier molecular flexibility index (Phi) is 21.4. The molecule has 0 aliphatic carbocycles. The highest BCUT2D eigenvalue weighted by Gasteiger charge is 2.38.